The molecule has 0 bridgehead atoms. The van der Waals surface area contributed by atoms with Crippen LogP contribution in [0.15, 0.2) is 30.6 Å². The van der Waals surface area contributed by atoms with Crippen molar-refractivity contribution in [1.29, 1.82) is 0 Å². The van der Waals surface area contributed by atoms with E-state index in [-0.39, 0.29) is 11.0 Å². The van der Waals surface area contributed by atoms with Gasteiger partial charge in [0.05, 0.1) is 11.0 Å². The van der Waals surface area contributed by atoms with Crippen LogP contribution in [0.5, 0.6) is 0 Å². The summed E-state index contributed by atoms with van der Waals surface area (Å²) in [5, 5.41) is 0. The van der Waals surface area contributed by atoms with Gasteiger partial charge in [-0.05, 0) is 12.1 Å². The zero-order valence-electron chi connectivity index (χ0n) is 10.9. The minimum Gasteiger partial charge on any atom is -0.295 e. The lowest BCUT2D eigenvalue weighted by molar-refractivity contribution is -0.140. The maximum atomic E-state index is 14.0. The second kappa shape index (κ2) is 4.97. The summed E-state index contributed by atoms with van der Waals surface area (Å²) in [6, 6.07) is 5.63. The third-order valence-electron chi connectivity index (χ3n) is 3.22. The van der Waals surface area contributed by atoms with Crippen molar-refractivity contribution >= 4 is 11.0 Å². The number of para-hydroxylation sites is 2. The largest absolute Gasteiger partial charge is 0.421 e. The van der Waals surface area contributed by atoms with Crippen LogP contribution in [0.4, 0.5) is 30.7 Å². The molecule has 1 aromatic heterocycles. The molecule has 120 valence electrons. The second-order valence-electron chi connectivity index (χ2n) is 4.58. The summed E-state index contributed by atoms with van der Waals surface area (Å²) in [6.45, 7) is 0. The maximum absolute atomic E-state index is 14.0. The Balaban J connectivity index is 2.48. The van der Waals surface area contributed by atoms with Crippen LogP contribution in [0.1, 0.15) is 5.56 Å². The topological polar surface area (TPSA) is 17.8 Å². The summed E-state index contributed by atoms with van der Waals surface area (Å²) in [4.78, 5) is 3.73. The molecule has 23 heavy (non-hydrogen) atoms. The van der Waals surface area contributed by atoms with E-state index in [1.54, 1.807) is 0 Å². The molecule has 2 nitrogen and oxygen atoms in total. The number of nitrogens with zero attached hydrogens (tertiary/aromatic N) is 2. The molecule has 9 heteroatoms. The molecule has 0 aliphatic carbocycles. The molecule has 0 spiro atoms. The first kappa shape index (κ1) is 15.3. The summed E-state index contributed by atoms with van der Waals surface area (Å²) in [5.74, 6) is -9.52. The van der Waals surface area contributed by atoms with Gasteiger partial charge in [-0.25, -0.2) is 22.5 Å². The molecule has 1 heterocycles. The number of benzene rings is 2. The van der Waals surface area contributed by atoms with Crippen molar-refractivity contribution in [2.75, 3.05) is 0 Å². The zero-order chi connectivity index (χ0) is 16.9. The second-order valence-corrected chi connectivity index (χ2v) is 4.58. The number of aromatic nitrogens is 2. The van der Waals surface area contributed by atoms with E-state index in [2.05, 4.69) is 4.98 Å². The highest BCUT2D eigenvalue weighted by molar-refractivity contribution is 5.77. The van der Waals surface area contributed by atoms with Crippen LogP contribution in [0.25, 0.3) is 16.7 Å². The van der Waals surface area contributed by atoms with Crippen LogP contribution in [0.2, 0.25) is 0 Å². The van der Waals surface area contributed by atoms with Gasteiger partial charge in [0.1, 0.15) is 17.6 Å². The third-order valence-corrected chi connectivity index (χ3v) is 3.22. The Kier molecular flexibility index (Phi) is 3.31. The highest BCUT2D eigenvalue weighted by Gasteiger charge is 2.42. The van der Waals surface area contributed by atoms with Crippen LogP contribution in [-0.4, -0.2) is 9.55 Å². The van der Waals surface area contributed by atoms with Crippen LogP contribution in [-0.2, 0) is 6.18 Å². The van der Waals surface area contributed by atoms with Crippen molar-refractivity contribution in [1.82, 2.24) is 9.55 Å². The molecule has 0 N–H and O–H groups in total. The predicted octanol–water partition coefficient (Wildman–Crippen LogP) is 4.60. The highest BCUT2D eigenvalue weighted by Crippen LogP contribution is 2.40. The van der Waals surface area contributed by atoms with Crippen molar-refractivity contribution in [2.45, 2.75) is 6.18 Å². The quantitative estimate of drug-likeness (QED) is 0.361. The lowest BCUT2D eigenvalue weighted by Crippen LogP contribution is -2.18. The van der Waals surface area contributed by atoms with E-state index in [1.807, 2.05) is 0 Å². The van der Waals surface area contributed by atoms with E-state index in [0.29, 0.717) is 4.57 Å². The molecule has 0 saturated heterocycles. The Morgan fingerprint density at radius 2 is 1.43 bits per heavy atom. The monoisotopic (exact) mass is 334 g/mol. The first-order chi connectivity index (χ1) is 10.7. The average molecular weight is 334 g/mol. The molecular weight excluding hydrogens is 329 g/mol. The van der Waals surface area contributed by atoms with Crippen molar-refractivity contribution in [3.8, 4) is 5.69 Å². The van der Waals surface area contributed by atoms with Gasteiger partial charge in [-0.2, -0.15) is 13.2 Å². The van der Waals surface area contributed by atoms with Gasteiger partial charge in [-0.15, -0.1) is 0 Å². The first-order valence-electron chi connectivity index (χ1n) is 6.09. The third kappa shape index (κ3) is 2.23. The fourth-order valence-electron chi connectivity index (χ4n) is 2.24. The average Bonchev–Trinajstić information content (AvgIpc) is 2.91. The summed E-state index contributed by atoms with van der Waals surface area (Å²) < 4.78 is 94.0. The van der Waals surface area contributed by atoms with Gasteiger partial charge in [0, 0.05) is 0 Å². The van der Waals surface area contributed by atoms with Crippen molar-refractivity contribution in [3.05, 3.63) is 59.4 Å². The number of halogens is 7. The molecule has 0 aliphatic rings. The molecule has 0 saturated carbocycles. The molecule has 0 atom stereocenters. The number of hydrogen-bond acceptors (Lipinski definition) is 1. The normalized spacial score (nSPS) is 12.1. The molecule has 2 aromatic carbocycles. The number of alkyl halides is 3. The van der Waals surface area contributed by atoms with E-state index in [0.717, 1.165) is 6.33 Å². The zero-order valence-corrected chi connectivity index (χ0v) is 10.9. The van der Waals surface area contributed by atoms with Crippen LogP contribution in [0, 0.1) is 23.3 Å². The van der Waals surface area contributed by atoms with Gasteiger partial charge in [0.2, 0.25) is 0 Å². The molecule has 0 unspecified atom stereocenters. The van der Waals surface area contributed by atoms with Gasteiger partial charge in [0.15, 0.2) is 23.3 Å². The molecular formula is C14H5F7N2. The highest BCUT2D eigenvalue weighted by atomic mass is 19.4. The fourth-order valence-corrected chi connectivity index (χ4v) is 2.24. The van der Waals surface area contributed by atoms with Crippen LogP contribution >= 0.6 is 0 Å². The van der Waals surface area contributed by atoms with E-state index in [9.17, 15) is 30.7 Å². The van der Waals surface area contributed by atoms with Crippen LogP contribution < -0.4 is 0 Å². The van der Waals surface area contributed by atoms with E-state index in [1.165, 1.54) is 24.3 Å². The Labute approximate surface area is 123 Å². The summed E-state index contributed by atoms with van der Waals surface area (Å²) in [5.41, 5.74) is -3.58. The van der Waals surface area contributed by atoms with E-state index < -0.39 is 40.7 Å². The van der Waals surface area contributed by atoms with Crippen molar-refractivity contribution in [3.63, 3.8) is 0 Å². The Bertz CT molecular complexity index is 912. The number of fused-ring (bicyclic) bond motifs is 1. The standard InChI is InChI=1S/C14H5F7N2/c15-9-8(14(19,20)21)13(12(18)11(17)10(9)16)23-5-22-6-3-1-2-4-7(6)23/h1-5H. The first-order valence-corrected chi connectivity index (χ1v) is 6.09. The Hall–Kier alpha value is -2.58. The lowest BCUT2D eigenvalue weighted by Gasteiger charge is -2.17. The van der Waals surface area contributed by atoms with Gasteiger partial charge in [-0.3, -0.25) is 4.57 Å². The lowest BCUT2D eigenvalue weighted by atomic mass is 10.1. The SMILES string of the molecule is Fc1c(F)c(F)c(C(F)(F)F)c(-n2cnc3ccccc32)c1F. The number of rotatable bonds is 1. The minimum atomic E-state index is -5.44. The summed E-state index contributed by atoms with van der Waals surface area (Å²) in [7, 11) is 0. The molecule has 0 fully saturated rings. The predicted molar refractivity (Wildman–Crippen MR) is 65.9 cm³/mol. The Morgan fingerprint density at radius 1 is 0.826 bits per heavy atom. The molecule has 3 rings (SSSR count). The number of imidazole rings is 1. The molecule has 0 amide bonds. The van der Waals surface area contributed by atoms with Crippen LogP contribution in [0.3, 0.4) is 0 Å². The van der Waals surface area contributed by atoms with Gasteiger partial charge in [0.25, 0.3) is 0 Å². The van der Waals surface area contributed by atoms with Gasteiger partial charge >= 0.3 is 6.18 Å². The van der Waals surface area contributed by atoms with Gasteiger partial charge < -0.3 is 0 Å². The Morgan fingerprint density at radius 3 is 2.09 bits per heavy atom. The summed E-state index contributed by atoms with van der Waals surface area (Å²) in [6.07, 6.45) is -4.67. The van der Waals surface area contributed by atoms with Crippen molar-refractivity contribution < 1.29 is 30.7 Å². The van der Waals surface area contributed by atoms with Crippen molar-refractivity contribution in [2.24, 2.45) is 0 Å². The molecule has 0 radical (unpaired) electrons. The number of hydrogen-bond donors (Lipinski definition) is 0. The molecule has 3 aromatic rings. The summed E-state index contributed by atoms with van der Waals surface area (Å²) >= 11 is 0. The minimum absolute atomic E-state index is 0.0256. The smallest absolute Gasteiger partial charge is 0.295 e. The molecule has 0 aliphatic heterocycles. The maximum Gasteiger partial charge on any atom is 0.421 e. The van der Waals surface area contributed by atoms with E-state index in [4.69, 9.17) is 0 Å². The van der Waals surface area contributed by atoms with Gasteiger partial charge in [-0.1, -0.05) is 12.1 Å². The fraction of sp³-hybridized carbons (Fsp3) is 0.0714. The van der Waals surface area contributed by atoms with E-state index >= 15 is 0 Å².